The van der Waals surface area contributed by atoms with Gasteiger partial charge in [0.15, 0.2) is 0 Å². The van der Waals surface area contributed by atoms with Crippen molar-refractivity contribution in [1.29, 1.82) is 0 Å². The van der Waals surface area contributed by atoms with Gasteiger partial charge in [0.1, 0.15) is 0 Å². The van der Waals surface area contributed by atoms with Gasteiger partial charge >= 0.3 is 0 Å². The van der Waals surface area contributed by atoms with E-state index in [4.69, 9.17) is 11.5 Å². The van der Waals surface area contributed by atoms with Crippen molar-refractivity contribution in [2.75, 3.05) is 6.54 Å². The first-order valence-corrected chi connectivity index (χ1v) is 4.95. The second-order valence-electron chi connectivity index (χ2n) is 4.18. The van der Waals surface area contributed by atoms with Gasteiger partial charge in [-0.1, -0.05) is 6.07 Å². The van der Waals surface area contributed by atoms with E-state index in [9.17, 15) is 0 Å². The van der Waals surface area contributed by atoms with Gasteiger partial charge in [0.25, 0.3) is 0 Å². The van der Waals surface area contributed by atoms with E-state index in [2.05, 4.69) is 4.98 Å². The Morgan fingerprint density at radius 1 is 1.47 bits per heavy atom. The van der Waals surface area contributed by atoms with Gasteiger partial charge in [0.2, 0.25) is 0 Å². The van der Waals surface area contributed by atoms with Crippen LogP contribution in [0.1, 0.15) is 12.5 Å². The van der Waals surface area contributed by atoms with Crippen molar-refractivity contribution < 1.29 is 0 Å². The highest BCUT2D eigenvalue weighted by atomic mass is 15.0. The molecule has 0 bridgehead atoms. The Bertz CT molecular complexity index is 484. The van der Waals surface area contributed by atoms with Crippen molar-refractivity contribution in [2.45, 2.75) is 12.5 Å². The molecule has 1 heterocycles. The highest BCUT2D eigenvalue weighted by Gasteiger charge is 2.19. The van der Waals surface area contributed by atoms with E-state index in [1.807, 2.05) is 36.7 Å². The first-order chi connectivity index (χ1) is 7.04. The monoisotopic (exact) mass is 204 g/mol. The zero-order chi connectivity index (χ0) is 11.1. The highest BCUT2D eigenvalue weighted by Crippen LogP contribution is 2.21. The smallest absolute Gasteiger partial charge is 0.0955 e. The van der Waals surface area contributed by atoms with Gasteiger partial charge in [-0.15, -0.1) is 0 Å². The summed E-state index contributed by atoms with van der Waals surface area (Å²) in [4.78, 5) is 4.29. The fourth-order valence-electron chi connectivity index (χ4n) is 1.61. The number of hydrogen-bond donors (Lipinski definition) is 2. The van der Waals surface area contributed by atoms with Crippen LogP contribution in [0.3, 0.4) is 0 Å². The van der Waals surface area contributed by atoms with Crippen LogP contribution in [0.5, 0.6) is 0 Å². The summed E-state index contributed by atoms with van der Waals surface area (Å²) in [5.74, 6) is 0. The Hall–Kier alpha value is -1.39. The molecule has 1 atom stereocenters. The average Bonchev–Trinajstić information content (AvgIpc) is 2.60. The second-order valence-corrected chi connectivity index (χ2v) is 4.18. The summed E-state index contributed by atoms with van der Waals surface area (Å²) >= 11 is 0. The van der Waals surface area contributed by atoms with Crippen LogP contribution < -0.4 is 11.5 Å². The van der Waals surface area contributed by atoms with Crippen molar-refractivity contribution in [2.24, 2.45) is 18.5 Å². The lowest BCUT2D eigenvalue weighted by Crippen LogP contribution is -2.40. The summed E-state index contributed by atoms with van der Waals surface area (Å²) < 4.78 is 1.98. The standard InChI is InChI=1S/C11H16N4/c1-11(13,6-12)8-3-4-10-9(5-8)14-7-15(10)2/h3-5,7H,6,12-13H2,1-2H3. The van der Waals surface area contributed by atoms with Crippen LogP contribution in [-0.2, 0) is 12.6 Å². The van der Waals surface area contributed by atoms with Crippen molar-refractivity contribution in [3.63, 3.8) is 0 Å². The average molecular weight is 204 g/mol. The van der Waals surface area contributed by atoms with Crippen LogP contribution >= 0.6 is 0 Å². The number of nitrogens with two attached hydrogens (primary N) is 2. The van der Waals surface area contributed by atoms with E-state index in [-0.39, 0.29) is 0 Å². The molecule has 0 aliphatic heterocycles. The van der Waals surface area contributed by atoms with Crippen LogP contribution in [0.2, 0.25) is 0 Å². The van der Waals surface area contributed by atoms with Crippen LogP contribution in [0.15, 0.2) is 24.5 Å². The van der Waals surface area contributed by atoms with E-state index in [0.29, 0.717) is 6.54 Å². The van der Waals surface area contributed by atoms with Gasteiger partial charge in [-0.3, -0.25) is 0 Å². The third-order valence-corrected chi connectivity index (χ3v) is 2.81. The lowest BCUT2D eigenvalue weighted by Gasteiger charge is -2.22. The summed E-state index contributed by atoms with van der Waals surface area (Å²) in [5.41, 5.74) is 14.3. The number of rotatable bonds is 2. The molecule has 0 spiro atoms. The number of fused-ring (bicyclic) bond motifs is 1. The Morgan fingerprint density at radius 3 is 2.87 bits per heavy atom. The molecule has 2 rings (SSSR count). The number of imidazole rings is 1. The molecule has 0 saturated heterocycles. The fraction of sp³-hybridized carbons (Fsp3) is 0.364. The van der Waals surface area contributed by atoms with E-state index >= 15 is 0 Å². The molecule has 0 saturated carbocycles. The zero-order valence-corrected chi connectivity index (χ0v) is 9.07. The number of aryl methyl sites for hydroxylation is 1. The molecule has 0 aliphatic rings. The Morgan fingerprint density at radius 2 is 2.20 bits per heavy atom. The molecule has 4 heteroatoms. The molecule has 4 nitrogen and oxygen atoms in total. The summed E-state index contributed by atoms with van der Waals surface area (Å²) in [6, 6.07) is 6.04. The van der Waals surface area contributed by atoms with Crippen molar-refractivity contribution in [1.82, 2.24) is 9.55 Å². The SMILES string of the molecule is Cn1cnc2cc(C(C)(N)CN)ccc21. The maximum atomic E-state index is 6.08. The summed E-state index contributed by atoms with van der Waals surface area (Å²) in [7, 11) is 1.97. The van der Waals surface area contributed by atoms with Gasteiger partial charge in [-0.25, -0.2) is 4.98 Å². The van der Waals surface area contributed by atoms with Gasteiger partial charge in [0, 0.05) is 13.6 Å². The predicted octanol–water partition coefficient (Wildman–Crippen LogP) is 0.706. The van der Waals surface area contributed by atoms with E-state index in [0.717, 1.165) is 16.6 Å². The minimum absolute atomic E-state index is 0.422. The Labute approximate surface area is 88.9 Å². The predicted molar refractivity (Wildman–Crippen MR) is 61.3 cm³/mol. The molecule has 0 aliphatic carbocycles. The number of hydrogen-bond acceptors (Lipinski definition) is 3. The Kier molecular flexibility index (Phi) is 2.25. The first-order valence-electron chi connectivity index (χ1n) is 4.95. The molecular formula is C11H16N4. The van der Waals surface area contributed by atoms with Gasteiger partial charge < -0.3 is 16.0 Å². The minimum Gasteiger partial charge on any atom is -0.334 e. The van der Waals surface area contributed by atoms with Crippen molar-refractivity contribution in [3.8, 4) is 0 Å². The van der Waals surface area contributed by atoms with Crippen LogP contribution in [0, 0.1) is 0 Å². The number of benzene rings is 1. The molecule has 0 amide bonds. The molecule has 80 valence electrons. The number of aromatic nitrogens is 2. The summed E-state index contributed by atoms with van der Waals surface area (Å²) in [5, 5.41) is 0. The highest BCUT2D eigenvalue weighted by molar-refractivity contribution is 5.76. The normalized spacial score (nSPS) is 15.5. The quantitative estimate of drug-likeness (QED) is 0.756. The molecule has 4 N–H and O–H groups in total. The van der Waals surface area contributed by atoms with E-state index in [1.165, 1.54) is 0 Å². The zero-order valence-electron chi connectivity index (χ0n) is 9.07. The van der Waals surface area contributed by atoms with Gasteiger partial charge in [-0.2, -0.15) is 0 Å². The van der Waals surface area contributed by atoms with E-state index in [1.54, 1.807) is 6.33 Å². The number of nitrogens with zero attached hydrogens (tertiary/aromatic N) is 2. The summed E-state index contributed by atoms with van der Waals surface area (Å²) in [6.07, 6.45) is 1.80. The van der Waals surface area contributed by atoms with Gasteiger partial charge in [-0.05, 0) is 24.6 Å². The molecular weight excluding hydrogens is 188 g/mol. The summed E-state index contributed by atoms with van der Waals surface area (Å²) in [6.45, 7) is 2.35. The molecule has 2 aromatic rings. The third-order valence-electron chi connectivity index (χ3n) is 2.81. The van der Waals surface area contributed by atoms with Gasteiger partial charge in [0.05, 0.1) is 22.9 Å². The molecule has 15 heavy (non-hydrogen) atoms. The fourth-order valence-corrected chi connectivity index (χ4v) is 1.61. The second kappa shape index (κ2) is 3.32. The topological polar surface area (TPSA) is 69.9 Å². The van der Waals surface area contributed by atoms with Crippen molar-refractivity contribution in [3.05, 3.63) is 30.1 Å². The first kappa shape index (κ1) is 10.1. The maximum Gasteiger partial charge on any atom is 0.0955 e. The minimum atomic E-state index is -0.480. The van der Waals surface area contributed by atoms with E-state index < -0.39 is 5.54 Å². The van der Waals surface area contributed by atoms with Crippen molar-refractivity contribution >= 4 is 11.0 Å². The lowest BCUT2D eigenvalue weighted by molar-refractivity contribution is 0.508. The molecule has 1 aromatic carbocycles. The van der Waals surface area contributed by atoms with Crippen LogP contribution in [0.25, 0.3) is 11.0 Å². The molecule has 0 fully saturated rings. The maximum absolute atomic E-state index is 6.08. The lowest BCUT2D eigenvalue weighted by atomic mass is 9.93. The molecule has 1 unspecified atom stereocenters. The molecule has 1 aromatic heterocycles. The van der Waals surface area contributed by atoms with Crippen LogP contribution in [-0.4, -0.2) is 16.1 Å². The largest absolute Gasteiger partial charge is 0.334 e. The third kappa shape index (κ3) is 1.62. The Balaban J connectivity index is 2.57. The molecule has 0 radical (unpaired) electrons. The van der Waals surface area contributed by atoms with Crippen LogP contribution in [0.4, 0.5) is 0 Å².